The van der Waals surface area contributed by atoms with Gasteiger partial charge in [-0.1, -0.05) is 79.8 Å². The molecule has 0 aliphatic heterocycles. The first-order chi connectivity index (χ1) is 19.5. The predicted octanol–water partition coefficient (Wildman–Crippen LogP) is 9.43. The van der Waals surface area contributed by atoms with Crippen molar-refractivity contribution in [1.29, 1.82) is 0 Å². The molecule has 5 heteroatoms. The summed E-state index contributed by atoms with van der Waals surface area (Å²) in [6.45, 7) is 4.65. The van der Waals surface area contributed by atoms with Gasteiger partial charge in [0.2, 0.25) is 0 Å². The molecule has 0 spiro atoms. The lowest BCUT2D eigenvalue weighted by Crippen LogP contribution is -2.14. The van der Waals surface area contributed by atoms with Gasteiger partial charge in [-0.25, -0.2) is 4.98 Å². The number of fused-ring (bicyclic) bond motifs is 9. The molecule has 0 saturated carbocycles. The number of aromatic nitrogens is 2. The lowest BCUT2D eigenvalue weighted by Gasteiger charge is -2.21. The summed E-state index contributed by atoms with van der Waals surface area (Å²) in [4.78, 5) is 18.5. The summed E-state index contributed by atoms with van der Waals surface area (Å²) in [6, 6.07) is 34.2. The Kier molecular flexibility index (Phi) is 4.31. The lowest BCUT2D eigenvalue weighted by atomic mass is 9.82. The topological polar surface area (TPSA) is 34.9 Å². The zero-order chi connectivity index (χ0) is 26.7. The molecule has 0 fully saturated rings. The van der Waals surface area contributed by atoms with Crippen LogP contribution in [-0.2, 0) is 5.41 Å². The molecule has 0 bridgehead atoms. The molecule has 9 rings (SSSR count). The highest BCUT2D eigenvalue weighted by molar-refractivity contribution is 7.25. The van der Waals surface area contributed by atoms with E-state index >= 15 is 0 Å². The van der Waals surface area contributed by atoms with Gasteiger partial charge in [0.15, 0.2) is 10.6 Å². The van der Waals surface area contributed by atoms with E-state index in [1.807, 2.05) is 30.3 Å². The normalized spacial score (nSPS) is 14.1. The van der Waals surface area contributed by atoms with E-state index in [-0.39, 0.29) is 10.8 Å². The average molecular weight is 551 g/mol. The van der Waals surface area contributed by atoms with E-state index in [1.54, 1.807) is 22.7 Å². The third kappa shape index (κ3) is 2.83. The quantitative estimate of drug-likeness (QED) is 0.191. The summed E-state index contributed by atoms with van der Waals surface area (Å²) >= 11 is 3.31. The van der Waals surface area contributed by atoms with Gasteiger partial charge in [-0.15, -0.1) is 11.3 Å². The van der Waals surface area contributed by atoms with Crippen molar-refractivity contribution in [3.63, 3.8) is 0 Å². The maximum absolute atomic E-state index is 13.4. The first-order valence-electron chi connectivity index (χ1n) is 13.4. The molecular formula is C35H22N2OS2. The fourth-order valence-electron chi connectivity index (χ4n) is 6.68. The molecule has 8 aromatic rings. The van der Waals surface area contributed by atoms with Crippen molar-refractivity contribution in [2.45, 2.75) is 19.3 Å². The highest BCUT2D eigenvalue weighted by Crippen LogP contribution is 2.51. The molecule has 1 aliphatic carbocycles. The molecular weight excluding hydrogens is 529 g/mol. The fourth-order valence-corrected chi connectivity index (χ4v) is 8.78. The number of nitrogens with zero attached hydrogens (tertiary/aromatic N) is 2. The van der Waals surface area contributed by atoms with E-state index in [9.17, 15) is 4.79 Å². The summed E-state index contributed by atoms with van der Waals surface area (Å²) in [7, 11) is 0. The second-order valence-electron chi connectivity index (χ2n) is 11.2. The average Bonchev–Trinajstić information content (AvgIpc) is 3.59. The van der Waals surface area contributed by atoms with Crippen LogP contribution in [0.3, 0.4) is 0 Å². The van der Waals surface area contributed by atoms with Crippen LogP contribution in [0.1, 0.15) is 25.0 Å². The van der Waals surface area contributed by atoms with Gasteiger partial charge in [0.25, 0.3) is 0 Å². The lowest BCUT2D eigenvalue weighted by molar-refractivity contribution is 0.661. The molecule has 3 nitrogen and oxygen atoms in total. The van der Waals surface area contributed by atoms with Crippen LogP contribution < -0.4 is 5.43 Å². The molecule has 40 heavy (non-hydrogen) atoms. The van der Waals surface area contributed by atoms with Crippen LogP contribution >= 0.6 is 22.7 Å². The van der Waals surface area contributed by atoms with Gasteiger partial charge in [0.05, 0.1) is 21.3 Å². The Balaban J connectivity index is 1.35. The zero-order valence-electron chi connectivity index (χ0n) is 21.9. The van der Waals surface area contributed by atoms with Crippen molar-refractivity contribution >= 4 is 74.9 Å². The van der Waals surface area contributed by atoms with E-state index in [0.29, 0.717) is 0 Å². The maximum atomic E-state index is 13.4. The molecule has 5 aromatic carbocycles. The Labute approximate surface area is 237 Å². The van der Waals surface area contributed by atoms with Crippen molar-refractivity contribution < 1.29 is 0 Å². The van der Waals surface area contributed by atoms with E-state index in [0.717, 1.165) is 41.0 Å². The second kappa shape index (κ2) is 7.66. The van der Waals surface area contributed by atoms with Gasteiger partial charge >= 0.3 is 0 Å². The summed E-state index contributed by atoms with van der Waals surface area (Å²) in [5.74, 6) is 0. The van der Waals surface area contributed by atoms with Crippen molar-refractivity contribution in [2.24, 2.45) is 0 Å². The van der Waals surface area contributed by atoms with Crippen molar-refractivity contribution in [3.05, 3.63) is 118 Å². The highest BCUT2D eigenvalue weighted by Gasteiger charge is 2.36. The number of hydrogen-bond acceptors (Lipinski definition) is 4. The van der Waals surface area contributed by atoms with Crippen LogP contribution in [-0.4, -0.2) is 9.55 Å². The molecule has 0 N–H and O–H groups in total. The molecule has 3 aromatic heterocycles. The fraction of sp³-hybridized carbons (Fsp3) is 0.0857. The summed E-state index contributed by atoms with van der Waals surface area (Å²) < 4.78 is 5.33. The number of hydrogen-bond donors (Lipinski definition) is 0. The third-order valence-corrected chi connectivity index (χ3v) is 10.8. The van der Waals surface area contributed by atoms with Crippen LogP contribution in [0.2, 0.25) is 0 Å². The van der Waals surface area contributed by atoms with Gasteiger partial charge in [0.1, 0.15) is 0 Å². The van der Waals surface area contributed by atoms with Crippen LogP contribution in [0.15, 0.2) is 102 Å². The Hall–Kier alpha value is -4.32. The van der Waals surface area contributed by atoms with Crippen LogP contribution in [0, 0.1) is 0 Å². The summed E-state index contributed by atoms with van der Waals surface area (Å²) in [5, 5.41) is 4.94. The number of thiazole rings is 1. The first-order valence-corrected chi connectivity index (χ1v) is 15.1. The minimum absolute atomic E-state index is 0.0827. The Morgan fingerprint density at radius 2 is 1.40 bits per heavy atom. The minimum atomic E-state index is -0.0827. The van der Waals surface area contributed by atoms with Crippen molar-refractivity contribution in [3.8, 4) is 16.3 Å². The highest BCUT2D eigenvalue weighted by atomic mass is 32.1. The standard InChI is InChI=1S/C35H22N2OS2/c1-35(2)25-12-6-3-9-19(25)22-15-23-20-10-4-7-13-28(20)37(29(23)17-26(22)35)34-36-27-18-31-24(16-32(27)40-34)33(38)21-11-5-8-14-30(21)39-31/h3-18H,1-2H3. The molecule has 190 valence electrons. The van der Waals surface area contributed by atoms with Gasteiger partial charge in [-0.05, 0) is 64.7 Å². The smallest absolute Gasteiger partial charge is 0.195 e. The van der Waals surface area contributed by atoms with Crippen LogP contribution in [0.25, 0.3) is 68.5 Å². The van der Waals surface area contributed by atoms with E-state index < -0.39 is 0 Å². The zero-order valence-corrected chi connectivity index (χ0v) is 23.5. The summed E-state index contributed by atoms with van der Waals surface area (Å²) in [5.41, 5.74) is 8.63. The molecule has 1 aliphatic rings. The predicted molar refractivity (Wildman–Crippen MR) is 171 cm³/mol. The van der Waals surface area contributed by atoms with Crippen molar-refractivity contribution in [1.82, 2.24) is 9.55 Å². The molecule has 0 amide bonds. The van der Waals surface area contributed by atoms with Crippen molar-refractivity contribution in [2.75, 3.05) is 0 Å². The second-order valence-corrected chi connectivity index (χ2v) is 13.3. The minimum Gasteiger partial charge on any atom is -0.289 e. The Morgan fingerprint density at radius 3 is 2.30 bits per heavy atom. The van der Waals surface area contributed by atoms with Crippen LogP contribution in [0.5, 0.6) is 0 Å². The molecule has 0 saturated heterocycles. The molecule has 0 unspecified atom stereocenters. The van der Waals surface area contributed by atoms with E-state index in [1.165, 1.54) is 38.5 Å². The van der Waals surface area contributed by atoms with Gasteiger partial charge in [-0.2, -0.15) is 0 Å². The summed E-state index contributed by atoms with van der Waals surface area (Å²) in [6.07, 6.45) is 0. The van der Waals surface area contributed by atoms with Gasteiger partial charge < -0.3 is 0 Å². The maximum Gasteiger partial charge on any atom is 0.195 e. The first kappa shape index (κ1) is 22.5. The molecule has 0 atom stereocenters. The Morgan fingerprint density at radius 1 is 0.625 bits per heavy atom. The number of benzene rings is 5. The third-order valence-electron chi connectivity index (χ3n) is 8.64. The van der Waals surface area contributed by atoms with E-state index in [2.05, 4.69) is 85.1 Å². The van der Waals surface area contributed by atoms with Gasteiger partial charge in [0, 0.05) is 36.4 Å². The molecule has 0 radical (unpaired) electrons. The van der Waals surface area contributed by atoms with Gasteiger partial charge in [-0.3, -0.25) is 9.36 Å². The van der Waals surface area contributed by atoms with E-state index in [4.69, 9.17) is 4.98 Å². The molecule has 3 heterocycles. The number of rotatable bonds is 1. The largest absolute Gasteiger partial charge is 0.289 e. The Bertz CT molecular complexity index is 2440. The monoisotopic (exact) mass is 550 g/mol. The van der Waals surface area contributed by atoms with Crippen LogP contribution in [0.4, 0.5) is 0 Å². The SMILES string of the molecule is CC1(C)c2ccccc2-c2cc3c4ccccc4n(-c4nc5cc6sc7ccccc7c(=O)c6cc5s4)c3cc21. The number of para-hydroxylation sites is 1.